The molecule has 1 aromatic heterocycles. The van der Waals surface area contributed by atoms with Crippen LogP contribution < -0.4 is 14.4 Å². The number of hydrogen-bond donors (Lipinski definition) is 1. The molecule has 8 nitrogen and oxygen atoms in total. The van der Waals surface area contributed by atoms with E-state index in [1.807, 2.05) is 16.7 Å². The number of furan rings is 1. The summed E-state index contributed by atoms with van der Waals surface area (Å²) in [5, 5.41) is 0.116. The molecule has 1 amide bonds. The van der Waals surface area contributed by atoms with Gasteiger partial charge in [0, 0.05) is 44.0 Å². The highest BCUT2D eigenvalue weighted by Crippen LogP contribution is 2.32. The van der Waals surface area contributed by atoms with Gasteiger partial charge in [-0.05, 0) is 49.2 Å². The number of halogens is 1. The number of anilines is 1. The minimum Gasteiger partial charge on any atom is -0.495 e. The van der Waals surface area contributed by atoms with E-state index in [1.165, 1.54) is 25.3 Å². The first-order chi connectivity index (χ1) is 16.7. The Labute approximate surface area is 203 Å². The van der Waals surface area contributed by atoms with Crippen LogP contribution in [0.5, 0.6) is 5.75 Å². The zero-order valence-electron chi connectivity index (χ0n) is 19.5. The maximum atomic E-state index is 14.6. The highest BCUT2D eigenvalue weighted by Gasteiger charge is 2.27. The van der Waals surface area contributed by atoms with Gasteiger partial charge in [-0.25, -0.2) is 17.5 Å². The van der Waals surface area contributed by atoms with Crippen molar-refractivity contribution in [3.8, 4) is 5.75 Å². The Bertz CT molecular complexity index is 1440. The maximum Gasteiger partial charge on any atom is 0.300 e. The molecule has 2 aromatic carbocycles. The number of hydrogen-bond acceptors (Lipinski definition) is 7. The number of benzene rings is 2. The first kappa shape index (κ1) is 23.4. The lowest BCUT2D eigenvalue weighted by Gasteiger charge is -2.33. The molecule has 10 heteroatoms. The van der Waals surface area contributed by atoms with Crippen LogP contribution >= 0.6 is 0 Å². The standard InChI is InChI=1S/C25H26FN3O5S/c1-28-10-6-16(7-11-28)17-4-5-21(33-2)24(12-17)35(31,32)27-25(30)23-15-19-20(26)13-18(14-22(19)34-23)29-8-3-9-29/h4-6,12-15H,3,7-11H2,1-2H3,(H,27,30). The molecule has 0 bridgehead atoms. The summed E-state index contributed by atoms with van der Waals surface area (Å²) in [5.74, 6) is -1.71. The molecule has 0 saturated carbocycles. The Hall–Kier alpha value is -3.37. The Morgan fingerprint density at radius 3 is 2.60 bits per heavy atom. The predicted molar refractivity (Wildman–Crippen MR) is 131 cm³/mol. The van der Waals surface area contributed by atoms with Crippen molar-refractivity contribution >= 4 is 38.2 Å². The van der Waals surface area contributed by atoms with Gasteiger partial charge in [0.25, 0.3) is 10.0 Å². The van der Waals surface area contributed by atoms with E-state index in [1.54, 1.807) is 18.2 Å². The van der Waals surface area contributed by atoms with Crippen molar-refractivity contribution in [2.75, 3.05) is 45.2 Å². The van der Waals surface area contributed by atoms with E-state index in [4.69, 9.17) is 9.15 Å². The highest BCUT2D eigenvalue weighted by molar-refractivity contribution is 7.90. The minimum atomic E-state index is -4.31. The number of ether oxygens (including phenoxy) is 1. The second-order valence-corrected chi connectivity index (χ2v) is 10.5. The fourth-order valence-electron chi connectivity index (χ4n) is 4.30. The summed E-state index contributed by atoms with van der Waals surface area (Å²) < 4.78 is 53.9. The first-order valence-electron chi connectivity index (χ1n) is 11.4. The summed E-state index contributed by atoms with van der Waals surface area (Å²) in [4.78, 5) is 16.8. The average Bonchev–Trinajstić information content (AvgIpc) is 3.23. The van der Waals surface area contributed by atoms with Crippen molar-refractivity contribution in [1.82, 2.24) is 9.62 Å². The van der Waals surface area contributed by atoms with Gasteiger partial charge in [-0.1, -0.05) is 12.1 Å². The Morgan fingerprint density at radius 2 is 1.94 bits per heavy atom. The zero-order chi connectivity index (χ0) is 24.7. The van der Waals surface area contributed by atoms with Crippen molar-refractivity contribution < 1.29 is 26.8 Å². The van der Waals surface area contributed by atoms with Gasteiger partial charge in [-0.3, -0.25) is 4.79 Å². The molecule has 5 rings (SSSR count). The number of nitrogens with zero attached hydrogens (tertiary/aromatic N) is 2. The molecular formula is C25H26FN3O5S. The monoisotopic (exact) mass is 499 g/mol. The summed E-state index contributed by atoms with van der Waals surface area (Å²) in [6.07, 6.45) is 3.86. The third-order valence-corrected chi connectivity index (χ3v) is 7.83. The second kappa shape index (κ2) is 9.01. The van der Waals surface area contributed by atoms with E-state index in [-0.39, 0.29) is 27.4 Å². The van der Waals surface area contributed by atoms with Crippen molar-refractivity contribution in [2.45, 2.75) is 17.7 Å². The molecule has 1 saturated heterocycles. The first-order valence-corrected chi connectivity index (χ1v) is 12.8. The van der Waals surface area contributed by atoms with Gasteiger partial charge in [0.05, 0.1) is 12.5 Å². The van der Waals surface area contributed by atoms with Gasteiger partial charge >= 0.3 is 5.91 Å². The maximum absolute atomic E-state index is 14.6. The van der Waals surface area contributed by atoms with Crippen LogP contribution in [0.4, 0.5) is 10.1 Å². The molecule has 0 aliphatic carbocycles. The third-order valence-electron chi connectivity index (χ3n) is 6.48. The average molecular weight is 500 g/mol. The van der Waals surface area contributed by atoms with Crippen LogP contribution in [0.15, 0.2) is 51.8 Å². The summed E-state index contributed by atoms with van der Waals surface area (Å²) in [6.45, 7) is 3.28. The largest absolute Gasteiger partial charge is 0.495 e. The summed E-state index contributed by atoms with van der Waals surface area (Å²) in [6, 6.07) is 9.14. The molecular weight excluding hydrogens is 473 g/mol. The third kappa shape index (κ3) is 4.51. The molecule has 184 valence electrons. The van der Waals surface area contributed by atoms with Gasteiger partial charge in [0.2, 0.25) is 0 Å². The fourth-order valence-corrected chi connectivity index (χ4v) is 5.45. The fraction of sp³-hybridized carbons (Fsp3) is 0.320. The van der Waals surface area contributed by atoms with Crippen molar-refractivity contribution in [2.24, 2.45) is 0 Å². The van der Waals surface area contributed by atoms with Gasteiger partial charge in [0.15, 0.2) is 5.76 Å². The van der Waals surface area contributed by atoms with Gasteiger partial charge < -0.3 is 19.0 Å². The molecule has 3 heterocycles. The Balaban J connectivity index is 1.43. The number of carbonyl (C=O) groups is 1. The highest BCUT2D eigenvalue weighted by atomic mass is 32.2. The SMILES string of the molecule is COc1ccc(C2=CCN(C)CC2)cc1S(=O)(=O)NC(=O)c1cc2c(F)cc(N3CCC3)cc2o1. The summed E-state index contributed by atoms with van der Waals surface area (Å²) >= 11 is 0. The summed E-state index contributed by atoms with van der Waals surface area (Å²) in [5.41, 5.74) is 2.62. The van der Waals surface area contributed by atoms with Crippen LogP contribution in [0.3, 0.4) is 0 Å². The number of rotatable bonds is 6. The number of likely N-dealkylation sites (N-methyl/N-ethyl adjacent to an activating group) is 1. The van der Waals surface area contributed by atoms with Gasteiger partial charge in [-0.15, -0.1) is 0 Å². The van der Waals surface area contributed by atoms with Crippen molar-refractivity contribution in [1.29, 1.82) is 0 Å². The van der Waals surface area contributed by atoms with E-state index < -0.39 is 21.7 Å². The number of fused-ring (bicyclic) bond motifs is 1. The zero-order valence-corrected chi connectivity index (χ0v) is 20.3. The lowest BCUT2D eigenvalue weighted by molar-refractivity contribution is 0.0956. The topological polar surface area (TPSA) is 92.1 Å². The molecule has 0 spiro atoms. The van der Waals surface area contributed by atoms with E-state index in [2.05, 4.69) is 11.0 Å². The number of amides is 1. The van der Waals surface area contributed by atoms with Crippen molar-refractivity contribution in [3.63, 3.8) is 0 Å². The summed E-state index contributed by atoms with van der Waals surface area (Å²) in [7, 11) is -0.931. The van der Waals surface area contributed by atoms with E-state index in [9.17, 15) is 17.6 Å². The molecule has 2 aliphatic heterocycles. The number of sulfonamides is 1. The van der Waals surface area contributed by atoms with Crippen LogP contribution in [-0.4, -0.2) is 59.6 Å². The van der Waals surface area contributed by atoms with Crippen LogP contribution in [0.2, 0.25) is 0 Å². The van der Waals surface area contributed by atoms with Crippen LogP contribution in [0.25, 0.3) is 16.5 Å². The molecule has 2 aliphatic rings. The van der Waals surface area contributed by atoms with E-state index in [0.717, 1.165) is 50.2 Å². The molecule has 0 radical (unpaired) electrons. The van der Waals surface area contributed by atoms with Crippen LogP contribution in [0, 0.1) is 5.82 Å². The normalized spacial score (nSPS) is 16.7. The molecule has 0 atom stereocenters. The van der Waals surface area contributed by atoms with Crippen molar-refractivity contribution in [3.05, 3.63) is 59.6 Å². The van der Waals surface area contributed by atoms with Gasteiger partial charge in [0.1, 0.15) is 22.0 Å². The molecule has 1 fully saturated rings. The molecule has 35 heavy (non-hydrogen) atoms. The van der Waals surface area contributed by atoms with E-state index in [0.29, 0.717) is 5.69 Å². The van der Waals surface area contributed by atoms with E-state index >= 15 is 0 Å². The molecule has 3 aromatic rings. The Morgan fingerprint density at radius 1 is 1.14 bits per heavy atom. The number of methoxy groups -OCH3 is 1. The second-order valence-electron chi connectivity index (χ2n) is 8.83. The quantitative estimate of drug-likeness (QED) is 0.554. The molecule has 1 N–H and O–H groups in total. The number of nitrogens with one attached hydrogen (secondary N) is 1. The van der Waals surface area contributed by atoms with Crippen LogP contribution in [-0.2, 0) is 10.0 Å². The van der Waals surface area contributed by atoms with Crippen LogP contribution in [0.1, 0.15) is 29.0 Å². The molecule has 0 unspecified atom stereocenters. The minimum absolute atomic E-state index is 0.109. The lowest BCUT2D eigenvalue weighted by Crippen LogP contribution is -2.36. The van der Waals surface area contributed by atoms with Gasteiger partial charge in [-0.2, -0.15) is 0 Å². The number of carbonyl (C=O) groups excluding carboxylic acids is 1. The lowest BCUT2D eigenvalue weighted by atomic mass is 10.00. The Kier molecular flexibility index (Phi) is 6.02. The smallest absolute Gasteiger partial charge is 0.300 e. The predicted octanol–water partition coefficient (Wildman–Crippen LogP) is 3.63.